The smallest absolute Gasteiger partial charge is 0.0552 e. The second-order valence-electron chi connectivity index (χ2n) is 6.27. The first-order valence-corrected chi connectivity index (χ1v) is 7.43. The predicted molar refractivity (Wildman–Crippen MR) is 73.0 cm³/mol. The van der Waals surface area contributed by atoms with Gasteiger partial charge in [0, 0.05) is 18.4 Å². The van der Waals surface area contributed by atoms with E-state index >= 15 is 0 Å². The molecule has 0 bridgehead atoms. The monoisotopic (exact) mass is 291 g/mol. The highest BCUT2D eigenvalue weighted by Gasteiger charge is 2.30. The SMILES string of the molecule is CC(O)C1CCN(CC(CBr)C(C)(C)C)C1. The first kappa shape index (κ1) is 14.5. The van der Waals surface area contributed by atoms with Crippen LogP contribution in [0.4, 0.5) is 0 Å². The van der Waals surface area contributed by atoms with Gasteiger partial charge < -0.3 is 10.0 Å². The molecule has 0 amide bonds. The van der Waals surface area contributed by atoms with Gasteiger partial charge in [-0.1, -0.05) is 36.7 Å². The van der Waals surface area contributed by atoms with Crippen LogP contribution in [-0.4, -0.2) is 41.1 Å². The number of hydrogen-bond acceptors (Lipinski definition) is 2. The summed E-state index contributed by atoms with van der Waals surface area (Å²) in [6, 6.07) is 0. The Bertz CT molecular complexity index is 212. The highest BCUT2D eigenvalue weighted by Crippen LogP contribution is 2.30. The van der Waals surface area contributed by atoms with Gasteiger partial charge in [0.1, 0.15) is 0 Å². The third kappa shape index (κ3) is 4.01. The Morgan fingerprint density at radius 1 is 1.44 bits per heavy atom. The lowest BCUT2D eigenvalue weighted by Gasteiger charge is -2.32. The van der Waals surface area contributed by atoms with Crippen LogP contribution in [0, 0.1) is 17.3 Å². The second-order valence-corrected chi connectivity index (χ2v) is 6.91. The van der Waals surface area contributed by atoms with Crippen molar-refractivity contribution in [1.29, 1.82) is 0 Å². The van der Waals surface area contributed by atoms with E-state index in [-0.39, 0.29) is 6.10 Å². The van der Waals surface area contributed by atoms with Gasteiger partial charge in [-0.05, 0) is 37.1 Å². The lowest BCUT2D eigenvalue weighted by atomic mass is 9.82. The van der Waals surface area contributed by atoms with Crippen molar-refractivity contribution in [1.82, 2.24) is 4.90 Å². The van der Waals surface area contributed by atoms with E-state index < -0.39 is 0 Å². The molecule has 0 aromatic rings. The van der Waals surface area contributed by atoms with Crippen molar-refractivity contribution < 1.29 is 5.11 Å². The fourth-order valence-corrected chi connectivity index (χ4v) is 3.46. The first-order chi connectivity index (χ1) is 7.34. The molecule has 0 aromatic carbocycles. The predicted octanol–water partition coefficient (Wildman–Crippen LogP) is 2.75. The van der Waals surface area contributed by atoms with Crippen LogP contribution < -0.4 is 0 Å². The quantitative estimate of drug-likeness (QED) is 0.805. The van der Waals surface area contributed by atoms with E-state index in [0.29, 0.717) is 17.3 Å². The molecule has 0 aliphatic carbocycles. The van der Waals surface area contributed by atoms with Crippen LogP contribution in [0.2, 0.25) is 0 Å². The van der Waals surface area contributed by atoms with Crippen molar-refractivity contribution in [2.45, 2.75) is 40.2 Å². The van der Waals surface area contributed by atoms with E-state index in [1.165, 1.54) is 0 Å². The molecule has 3 heteroatoms. The summed E-state index contributed by atoms with van der Waals surface area (Å²) in [7, 11) is 0. The third-order valence-electron chi connectivity index (χ3n) is 3.88. The van der Waals surface area contributed by atoms with Gasteiger partial charge in [-0.25, -0.2) is 0 Å². The molecule has 16 heavy (non-hydrogen) atoms. The minimum absolute atomic E-state index is 0.151. The average molecular weight is 292 g/mol. The van der Waals surface area contributed by atoms with Gasteiger partial charge in [-0.3, -0.25) is 0 Å². The summed E-state index contributed by atoms with van der Waals surface area (Å²) in [6.07, 6.45) is 0.999. The highest BCUT2D eigenvalue weighted by molar-refractivity contribution is 9.09. The Morgan fingerprint density at radius 3 is 2.44 bits per heavy atom. The molecule has 1 saturated heterocycles. The van der Waals surface area contributed by atoms with Gasteiger partial charge in [0.25, 0.3) is 0 Å². The van der Waals surface area contributed by atoms with Crippen LogP contribution in [0.3, 0.4) is 0 Å². The number of aliphatic hydroxyl groups excluding tert-OH is 1. The fourth-order valence-electron chi connectivity index (χ4n) is 2.29. The zero-order valence-corrected chi connectivity index (χ0v) is 12.6. The standard InChI is InChI=1S/C13H26BrNO/c1-10(16)11-5-6-15(8-11)9-12(7-14)13(2,3)4/h10-12,16H,5-9H2,1-4H3. The Labute approximate surface area is 109 Å². The van der Waals surface area contributed by atoms with Crippen LogP contribution in [0.15, 0.2) is 0 Å². The number of hydrogen-bond donors (Lipinski definition) is 1. The molecule has 0 saturated carbocycles. The van der Waals surface area contributed by atoms with E-state index in [4.69, 9.17) is 0 Å². The molecule has 1 fully saturated rings. The zero-order valence-electron chi connectivity index (χ0n) is 11.0. The van der Waals surface area contributed by atoms with Crippen LogP contribution in [0.5, 0.6) is 0 Å². The summed E-state index contributed by atoms with van der Waals surface area (Å²) in [5.74, 6) is 1.16. The molecule has 1 aliphatic rings. The summed E-state index contributed by atoms with van der Waals surface area (Å²) < 4.78 is 0. The highest BCUT2D eigenvalue weighted by atomic mass is 79.9. The number of alkyl halides is 1. The maximum atomic E-state index is 9.59. The topological polar surface area (TPSA) is 23.5 Å². The van der Waals surface area contributed by atoms with Gasteiger partial charge in [0.15, 0.2) is 0 Å². The molecular formula is C13H26BrNO. The molecule has 0 aromatic heterocycles. The summed E-state index contributed by atoms with van der Waals surface area (Å²) in [5.41, 5.74) is 0.354. The Balaban J connectivity index is 2.44. The van der Waals surface area contributed by atoms with Crippen molar-refractivity contribution in [3.8, 4) is 0 Å². The molecule has 96 valence electrons. The molecule has 3 unspecified atom stereocenters. The van der Waals surface area contributed by atoms with Crippen LogP contribution in [0.1, 0.15) is 34.1 Å². The zero-order chi connectivity index (χ0) is 12.3. The lowest BCUT2D eigenvalue weighted by molar-refractivity contribution is 0.121. The minimum atomic E-state index is -0.151. The summed E-state index contributed by atoms with van der Waals surface area (Å²) in [4.78, 5) is 2.51. The normalized spacial score (nSPS) is 27.0. The number of likely N-dealkylation sites (tertiary alicyclic amines) is 1. The molecule has 2 nitrogen and oxygen atoms in total. The van der Waals surface area contributed by atoms with Gasteiger partial charge >= 0.3 is 0 Å². The molecule has 3 atom stereocenters. The van der Waals surface area contributed by atoms with Crippen LogP contribution >= 0.6 is 15.9 Å². The molecule has 1 aliphatic heterocycles. The van der Waals surface area contributed by atoms with E-state index in [9.17, 15) is 5.11 Å². The molecule has 1 rings (SSSR count). The lowest BCUT2D eigenvalue weighted by Crippen LogP contribution is -2.35. The van der Waals surface area contributed by atoms with Crippen molar-refractivity contribution in [2.24, 2.45) is 17.3 Å². The molecule has 0 radical (unpaired) electrons. The van der Waals surface area contributed by atoms with Crippen LogP contribution in [-0.2, 0) is 0 Å². The van der Waals surface area contributed by atoms with Crippen LogP contribution in [0.25, 0.3) is 0 Å². The average Bonchev–Trinajstić information content (AvgIpc) is 2.60. The second kappa shape index (κ2) is 5.83. The van der Waals surface area contributed by atoms with Crippen molar-refractivity contribution in [3.05, 3.63) is 0 Å². The Morgan fingerprint density at radius 2 is 2.06 bits per heavy atom. The van der Waals surface area contributed by atoms with E-state index in [0.717, 1.165) is 31.4 Å². The summed E-state index contributed by atoms with van der Waals surface area (Å²) >= 11 is 3.63. The van der Waals surface area contributed by atoms with Gasteiger partial charge in [0.05, 0.1) is 6.10 Å². The maximum Gasteiger partial charge on any atom is 0.0552 e. The number of rotatable bonds is 4. The Hall–Kier alpha value is 0.400. The number of nitrogens with zero attached hydrogens (tertiary/aromatic N) is 1. The van der Waals surface area contributed by atoms with E-state index in [2.05, 4.69) is 41.6 Å². The minimum Gasteiger partial charge on any atom is -0.393 e. The van der Waals surface area contributed by atoms with Crippen molar-refractivity contribution in [2.75, 3.05) is 25.0 Å². The third-order valence-corrected chi connectivity index (χ3v) is 4.66. The van der Waals surface area contributed by atoms with Crippen molar-refractivity contribution >= 4 is 15.9 Å². The first-order valence-electron chi connectivity index (χ1n) is 6.31. The van der Waals surface area contributed by atoms with Crippen molar-refractivity contribution in [3.63, 3.8) is 0 Å². The maximum absolute atomic E-state index is 9.59. The van der Waals surface area contributed by atoms with E-state index in [1.807, 2.05) is 6.92 Å². The molecule has 0 spiro atoms. The number of aliphatic hydroxyl groups is 1. The molecular weight excluding hydrogens is 266 g/mol. The number of halogens is 1. The molecule has 1 N–H and O–H groups in total. The molecule has 1 heterocycles. The van der Waals surface area contributed by atoms with Gasteiger partial charge in [-0.15, -0.1) is 0 Å². The Kier molecular flexibility index (Phi) is 5.27. The van der Waals surface area contributed by atoms with Gasteiger partial charge in [-0.2, -0.15) is 0 Å². The summed E-state index contributed by atoms with van der Waals surface area (Å²) in [6.45, 7) is 12.2. The summed E-state index contributed by atoms with van der Waals surface area (Å²) in [5, 5.41) is 10.6. The van der Waals surface area contributed by atoms with E-state index in [1.54, 1.807) is 0 Å². The largest absolute Gasteiger partial charge is 0.393 e. The van der Waals surface area contributed by atoms with Gasteiger partial charge in [0.2, 0.25) is 0 Å². The fraction of sp³-hybridized carbons (Fsp3) is 1.00.